The van der Waals surface area contributed by atoms with E-state index >= 15 is 0 Å². The lowest BCUT2D eigenvalue weighted by atomic mass is 9.85. The second kappa shape index (κ2) is 12.3. The number of aliphatic carboxylic acids is 1. The van der Waals surface area contributed by atoms with Gasteiger partial charge in [-0.1, -0.05) is 46.8 Å². The third-order valence-electron chi connectivity index (χ3n) is 7.92. The number of aromatic amines is 1. The molecule has 3 heterocycles. The maximum Gasteiger partial charge on any atom is 0.407 e. The monoisotopic (exact) mass is 621 g/mol. The highest BCUT2D eigenvalue weighted by molar-refractivity contribution is 5.91. The number of carboxylic acids is 1. The highest BCUT2D eigenvalue weighted by atomic mass is 16.7. The SMILES string of the molecule is CC(C)(COC(=O)N[C@H](C(=O)N1CCC[C@H]1C(=O)O)C(C)(C)C)COc1cccc(-c2cc3ccc4c(c3[nH]c2=O)OCO4)c1. The minimum absolute atomic E-state index is 0.00844. The first kappa shape index (κ1) is 31.7. The molecule has 2 aliphatic rings. The van der Waals surface area contributed by atoms with Crippen molar-refractivity contribution in [2.24, 2.45) is 10.8 Å². The van der Waals surface area contributed by atoms with E-state index in [4.69, 9.17) is 18.9 Å². The number of carbonyl (C=O) groups is 3. The number of hydrogen-bond acceptors (Lipinski definition) is 8. The molecule has 2 atom stereocenters. The number of pyridine rings is 1. The predicted octanol–water partition coefficient (Wildman–Crippen LogP) is 4.55. The van der Waals surface area contributed by atoms with Crippen LogP contribution >= 0.6 is 0 Å². The Kier molecular flexibility index (Phi) is 8.68. The second-order valence-corrected chi connectivity index (χ2v) is 13.3. The number of H-pyrrole nitrogens is 1. The van der Waals surface area contributed by atoms with Crippen LogP contribution in [0.1, 0.15) is 47.5 Å². The number of rotatable bonds is 9. The molecule has 3 N–H and O–H groups in total. The van der Waals surface area contributed by atoms with Crippen molar-refractivity contribution in [2.45, 2.75) is 59.5 Å². The van der Waals surface area contributed by atoms with Gasteiger partial charge in [0.1, 0.15) is 24.4 Å². The molecular weight excluding hydrogens is 582 g/mol. The van der Waals surface area contributed by atoms with E-state index in [-0.39, 0.29) is 25.6 Å². The minimum atomic E-state index is -1.05. The van der Waals surface area contributed by atoms with Crippen LogP contribution < -0.4 is 25.1 Å². The van der Waals surface area contributed by atoms with E-state index in [9.17, 15) is 24.3 Å². The smallest absolute Gasteiger partial charge is 0.407 e. The number of alkyl carbamates (subject to hydrolysis) is 1. The summed E-state index contributed by atoms with van der Waals surface area (Å²) in [6.07, 6.45) is 0.195. The molecule has 2 amide bonds. The largest absolute Gasteiger partial charge is 0.493 e. The van der Waals surface area contributed by atoms with Crippen LogP contribution in [-0.2, 0) is 14.3 Å². The Balaban J connectivity index is 1.20. The van der Waals surface area contributed by atoms with Crippen LogP contribution in [0, 0.1) is 10.8 Å². The van der Waals surface area contributed by atoms with Crippen LogP contribution in [0.5, 0.6) is 17.2 Å². The lowest BCUT2D eigenvalue weighted by Gasteiger charge is -2.34. The van der Waals surface area contributed by atoms with Crippen molar-refractivity contribution in [1.29, 1.82) is 0 Å². The van der Waals surface area contributed by atoms with Crippen molar-refractivity contribution < 1.29 is 38.4 Å². The number of fused-ring (bicyclic) bond motifs is 3. The number of nitrogens with zero attached hydrogens (tertiary/aromatic N) is 1. The average molecular weight is 622 g/mol. The zero-order valence-corrected chi connectivity index (χ0v) is 26.1. The van der Waals surface area contributed by atoms with E-state index in [0.29, 0.717) is 53.3 Å². The number of amides is 2. The molecule has 12 heteroatoms. The van der Waals surface area contributed by atoms with Gasteiger partial charge in [0.25, 0.3) is 5.56 Å². The van der Waals surface area contributed by atoms with Crippen LogP contribution in [0.2, 0.25) is 0 Å². The first-order valence-corrected chi connectivity index (χ1v) is 14.9. The molecule has 1 fully saturated rings. The number of nitrogens with one attached hydrogen (secondary N) is 2. The van der Waals surface area contributed by atoms with Crippen molar-refractivity contribution >= 4 is 28.9 Å². The highest BCUT2D eigenvalue weighted by Gasteiger charge is 2.42. The summed E-state index contributed by atoms with van der Waals surface area (Å²) in [6.45, 7) is 9.76. The van der Waals surface area contributed by atoms with Crippen LogP contribution in [0.3, 0.4) is 0 Å². The summed E-state index contributed by atoms with van der Waals surface area (Å²) < 4.78 is 22.5. The highest BCUT2D eigenvalue weighted by Crippen LogP contribution is 2.38. The standard InChI is InChI=1S/C33H39N3O9/c1-32(2,3)27(29(38)36-13-7-10-23(36)30(39)40)35-31(41)43-17-33(4,5)16-42-21-9-6-8-19(14-21)22-15-20-11-12-24-26(45-18-44-24)25(20)34-28(22)37/h6,8-9,11-12,14-15,23,27H,7,10,13,16-18H2,1-5H3,(H,34,37)(H,35,41)(H,39,40)/t23-,27+/m0/s1. The Hall–Kier alpha value is -4.74. The first-order valence-electron chi connectivity index (χ1n) is 14.9. The van der Waals surface area contributed by atoms with E-state index in [0.717, 1.165) is 5.39 Å². The number of benzene rings is 2. The molecule has 12 nitrogen and oxygen atoms in total. The van der Waals surface area contributed by atoms with Gasteiger partial charge >= 0.3 is 12.1 Å². The lowest BCUT2D eigenvalue weighted by Crippen LogP contribution is -2.56. The zero-order chi connectivity index (χ0) is 32.5. The Labute approximate surface area is 260 Å². The van der Waals surface area contributed by atoms with Gasteiger partial charge in [-0.25, -0.2) is 9.59 Å². The topological polar surface area (TPSA) is 156 Å². The van der Waals surface area contributed by atoms with Crippen LogP contribution in [-0.4, -0.2) is 71.6 Å². The average Bonchev–Trinajstić information content (AvgIpc) is 3.68. The zero-order valence-electron chi connectivity index (χ0n) is 26.1. The van der Waals surface area contributed by atoms with Gasteiger partial charge in [0.05, 0.1) is 12.1 Å². The van der Waals surface area contributed by atoms with Crippen molar-refractivity contribution in [3.8, 4) is 28.4 Å². The summed E-state index contributed by atoms with van der Waals surface area (Å²) in [6, 6.07) is 10.8. The van der Waals surface area contributed by atoms with E-state index < -0.39 is 40.9 Å². The summed E-state index contributed by atoms with van der Waals surface area (Å²) in [5.41, 5.74) is 0.149. The molecule has 5 rings (SSSR count). The van der Waals surface area contributed by atoms with E-state index in [1.54, 1.807) is 51.1 Å². The maximum atomic E-state index is 13.3. The molecule has 2 aromatic carbocycles. The quantitative estimate of drug-likeness (QED) is 0.312. The summed E-state index contributed by atoms with van der Waals surface area (Å²) in [7, 11) is 0. The first-order chi connectivity index (χ1) is 21.2. The van der Waals surface area contributed by atoms with Crippen LogP contribution in [0.4, 0.5) is 4.79 Å². The van der Waals surface area contributed by atoms with Crippen molar-refractivity contribution in [3.63, 3.8) is 0 Å². The van der Waals surface area contributed by atoms with Gasteiger partial charge in [-0.15, -0.1) is 0 Å². The van der Waals surface area contributed by atoms with Crippen LogP contribution in [0.15, 0.2) is 47.3 Å². The molecule has 0 radical (unpaired) electrons. The molecule has 0 saturated carbocycles. The normalized spacial score (nSPS) is 16.8. The Morgan fingerprint density at radius 2 is 1.87 bits per heavy atom. The predicted molar refractivity (Wildman–Crippen MR) is 166 cm³/mol. The number of hydrogen-bond donors (Lipinski definition) is 3. The number of carbonyl (C=O) groups excluding carboxylic acids is 2. The molecule has 45 heavy (non-hydrogen) atoms. The van der Waals surface area contributed by atoms with Gasteiger partial charge in [-0.3, -0.25) is 9.59 Å². The number of ether oxygens (including phenoxy) is 4. The van der Waals surface area contributed by atoms with Crippen molar-refractivity contribution in [2.75, 3.05) is 26.6 Å². The molecule has 240 valence electrons. The molecule has 1 saturated heterocycles. The summed E-state index contributed by atoms with van der Waals surface area (Å²) >= 11 is 0. The van der Waals surface area contributed by atoms with Gasteiger partial charge in [-0.05, 0) is 54.2 Å². The molecular formula is C33H39N3O9. The third kappa shape index (κ3) is 7.00. The van der Waals surface area contributed by atoms with Gasteiger partial charge in [-0.2, -0.15) is 0 Å². The van der Waals surface area contributed by atoms with E-state index in [2.05, 4.69) is 10.3 Å². The molecule has 3 aromatic rings. The Morgan fingerprint density at radius 1 is 1.09 bits per heavy atom. The molecule has 0 bridgehead atoms. The fraction of sp³-hybridized carbons (Fsp3) is 0.455. The van der Waals surface area contributed by atoms with Crippen LogP contribution in [0.25, 0.3) is 22.0 Å². The summed E-state index contributed by atoms with van der Waals surface area (Å²) in [5, 5.41) is 13.0. The number of likely N-dealkylation sites (tertiary alicyclic amines) is 1. The second-order valence-electron chi connectivity index (χ2n) is 13.3. The van der Waals surface area contributed by atoms with Gasteiger partial charge in [0.2, 0.25) is 12.7 Å². The Bertz CT molecular complexity index is 1670. The summed E-state index contributed by atoms with van der Waals surface area (Å²) in [5.74, 6) is 0.144. The molecule has 0 unspecified atom stereocenters. The summed E-state index contributed by atoms with van der Waals surface area (Å²) in [4.78, 5) is 55.0. The molecule has 0 aliphatic carbocycles. The Morgan fingerprint density at radius 3 is 2.60 bits per heavy atom. The number of carboxylic acid groups (broad SMARTS) is 1. The van der Waals surface area contributed by atoms with E-state index in [1.165, 1.54) is 4.90 Å². The van der Waals surface area contributed by atoms with Gasteiger partial charge in [0, 0.05) is 22.9 Å². The fourth-order valence-corrected chi connectivity index (χ4v) is 5.45. The van der Waals surface area contributed by atoms with Crippen molar-refractivity contribution in [3.05, 3.63) is 52.8 Å². The fourth-order valence-electron chi connectivity index (χ4n) is 5.45. The lowest BCUT2D eigenvalue weighted by molar-refractivity contribution is -0.150. The van der Waals surface area contributed by atoms with Gasteiger partial charge < -0.3 is 39.3 Å². The minimum Gasteiger partial charge on any atom is -0.493 e. The van der Waals surface area contributed by atoms with E-state index in [1.807, 2.05) is 26.0 Å². The maximum absolute atomic E-state index is 13.3. The molecule has 2 aliphatic heterocycles. The molecule has 1 aromatic heterocycles. The number of aromatic nitrogens is 1. The molecule has 0 spiro atoms. The third-order valence-corrected chi connectivity index (χ3v) is 7.92. The van der Waals surface area contributed by atoms with Gasteiger partial charge in [0.15, 0.2) is 11.5 Å². The van der Waals surface area contributed by atoms with Crippen molar-refractivity contribution in [1.82, 2.24) is 15.2 Å².